The van der Waals surface area contributed by atoms with E-state index in [-0.39, 0.29) is 5.41 Å². The normalized spacial score (nSPS) is 11.3. The smallest absolute Gasteiger partial charge is 0.123 e. The van der Waals surface area contributed by atoms with Crippen LogP contribution < -0.4 is 10.5 Å². The summed E-state index contributed by atoms with van der Waals surface area (Å²) in [4.78, 5) is 0.495. The van der Waals surface area contributed by atoms with Crippen molar-refractivity contribution in [2.75, 3.05) is 6.61 Å². The number of nitrogens with two attached hydrogens (primary N) is 1. The zero-order valence-corrected chi connectivity index (χ0v) is 11.9. The molecule has 0 radical (unpaired) electrons. The van der Waals surface area contributed by atoms with Crippen LogP contribution in [0.4, 0.5) is 0 Å². The minimum absolute atomic E-state index is 0.0740. The van der Waals surface area contributed by atoms with Crippen LogP contribution >= 0.6 is 12.2 Å². The van der Waals surface area contributed by atoms with Crippen molar-refractivity contribution in [2.24, 2.45) is 5.73 Å². The first kappa shape index (κ1) is 14.0. The lowest BCUT2D eigenvalue weighted by Crippen LogP contribution is -2.16. The number of hydrogen-bond acceptors (Lipinski definition) is 2. The Balaban J connectivity index is 2.87. The Morgan fingerprint density at radius 3 is 2.53 bits per heavy atom. The fourth-order valence-electron chi connectivity index (χ4n) is 1.62. The molecule has 0 atom stereocenters. The van der Waals surface area contributed by atoms with E-state index in [1.54, 1.807) is 0 Å². The first-order valence-corrected chi connectivity index (χ1v) is 6.24. The van der Waals surface area contributed by atoms with Crippen LogP contribution in [0.15, 0.2) is 18.2 Å². The van der Waals surface area contributed by atoms with Gasteiger partial charge in [0.2, 0.25) is 0 Å². The number of aryl methyl sites for hydroxylation is 1. The van der Waals surface area contributed by atoms with Crippen LogP contribution in [0.3, 0.4) is 0 Å². The number of thiocarbonyl (C=S) groups is 1. The Morgan fingerprint density at radius 1 is 1.35 bits per heavy atom. The zero-order valence-electron chi connectivity index (χ0n) is 11.0. The molecular weight excluding hydrogens is 230 g/mol. The fourth-order valence-corrected chi connectivity index (χ4v) is 1.70. The SMILES string of the molecule is Cc1ccc(OCCC(N)=S)c(C(C)(C)C)c1. The second-order valence-corrected chi connectivity index (χ2v) is 5.84. The summed E-state index contributed by atoms with van der Waals surface area (Å²) in [5.41, 5.74) is 8.00. The van der Waals surface area contributed by atoms with Gasteiger partial charge in [-0.15, -0.1) is 0 Å². The molecule has 2 N–H and O–H groups in total. The number of benzene rings is 1. The predicted octanol–water partition coefficient (Wildman–Crippen LogP) is 3.35. The van der Waals surface area contributed by atoms with Gasteiger partial charge in [0.15, 0.2) is 0 Å². The molecule has 94 valence electrons. The van der Waals surface area contributed by atoms with E-state index < -0.39 is 0 Å². The second-order valence-electron chi connectivity index (χ2n) is 5.31. The summed E-state index contributed by atoms with van der Waals surface area (Å²) in [6.45, 7) is 9.18. The first-order valence-electron chi connectivity index (χ1n) is 5.83. The average Bonchev–Trinajstić information content (AvgIpc) is 2.18. The molecule has 0 heterocycles. The van der Waals surface area contributed by atoms with E-state index in [2.05, 4.69) is 39.8 Å². The molecule has 0 aliphatic rings. The maximum absolute atomic E-state index is 5.76. The van der Waals surface area contributed by atoms with Crippen molar-refractivity contribution in [2.45, 2.75) is 39.5 Å². The number of ether oxygens (including phenoxy) is 1. The van der Waals surface area contributed by atoms with Gasteiger partial charge in [0, 0.05) is 6.42 Å². The van der Waals surface area contributed by atoms with Gasteiger partial charge in [-0.25, -0.2) is 0 Å². The second kappa shape index (κ2) is 5.50. The average molecular weight is 251 g/mol. The van der Waals surface area contributed by atoms with Gasteiger partial charge >= 0.3 is 0 Å². The molecule has 1 rings (SSSR count). The van der Waals surface area contributed by atoms with Gasteiger partial charge in [-0.2, -0.15) is 0 Å². The van der Waals surface area contributed by atoms with Gasteiger partial charge in [-0.05, 0) is 24.0 Å². The summed E-state index contributed by atoms with van der Waals surface area (Å²) >= 11 is 4.84. The standard InChI is InChI=1S/C14H21NOS/c1-10-5-6-12(16-8-7-13(15)17)11(9-10)14(2,3)4/h5-6,9H,7-8H2,1-4H3,(H2,15,17). The molecule has 0 fully saturated rings. The van der Waals surface area contributed by atoms with Gasteiger partial charge in [0.05, 0.1) is 11.6 Å². The van der Waals surface area contributed by atoms with Gasteiger partial charge in [-0.1, -0.05) is 50.7 Å². The molecule has 3 heteroatoms. The molecule has 0 unspecified atom stereocenters. The van der Waals surface area contributed by atoms with E-state index in [0.717, 1.165) is 5.75 Å². The van der Waals surface area contributed by atoms with Crippen molar-refractivity contribution in [3.63, 3.8) is 0 Å². The Morgan fingerprint density at radius 2 is 2.00 bits per heavy atom. The van der Waals surface area contributed by atoms with Gasteiger partial charge < -0.3 is 10.5 Å². The minimum atomic E-state index is 0.0740. The Hall–Kier alpha value is -1.09. The van der Waals surface area contributed by atoms with Crippen LogP contribution in [0.25, 0.3) is 0 Å². The Labute approximate surface area is 109 Å². The van der Waals surface area contributed by atoms with Crippen molar-refractivity contribution >= 4 is 17.2 Å². The fraction of sp³-hybridized carbons (Fsp3) is 0.500. The summed E-state index contributed by atoms with van der Waals surface area (Å²) in [5.74, 6) is 0.930. The molecule has 0 saturated heterocycles. The maximum atomic E-state index is 5.76. The van der Waals surface area contributed by atoms with Crippen LogP contribution in [-0.2, 0) is 5.41 Å². The van der Waals surface area contributed by atoms with Crippen molar-refractivity contribution in [3.8, 4) is 5.75 Å². The third kappa shape index (κ3) is 4.35. The largest absolute Gasteiger partial charge is 0.493 e. The molecule has 2 nitrogen and oxygen atoms in total. The van der Waals surface area contributed by atoms with Crippen LogP contribution in [-0.4, -0.2) is 11.6 Å². The molecule has 1 aromatic carbocycles. The third-order valence-electron chi connectivity index (χ3n) is 2.55. The monoisotopic (exact) mass is 251 g/mol. The summed E-state index contributed by atoms with van der Waals surface area (Å²) in [5, 5.41) is 0. The molecule has 0 spiro atoms. The van der Waals surface area contributed by atoms with Crippen LogP contribution in [0, 0.1) is 6.92 Å². The first-order chi connectivity index (χ1) is 7.80. The van der Waals surface area contributed by atoms with Crippen molar-refractivity contribution in [1.82, 2.24) is 0 Å². The van der Waals surface area contributed by atoms with Crippen molar-refractivity contribution in [3.05, 3.63) is 29.3 Å². The summed E-state index contributed by atoms with van der Waals surface area (Å²) < 4.78 is 5.76. The molecule has 0 bridgehead atoms. The molecule has 0 aliphatic heterocycles. The number of hydrogen-bond donors (Lipinski definition) is 1. The molecule has 0 amide bonds. The molecule has 1 aromatic rings. The van der Waals surface area contributed by atoms with Crippen LogP contribution in [0.1, 0.15) is 38.3 Å². The molecule has 0 aromatic heterocycles. The Bertz CT molecular complexity index is 407. The van der Waals surface area contributed by atoms with E-state index in [4.69, 9.17) is 22.7 Å². The maximum Gasteiger partial charge on any atom is 0.123 e. The van der Waals surface area contributed by atoms with E-state index in [1.165, 1.54) is 11.1 Å². The highest BCUT2D eigenvalue weighted by Gasteiger charge is 2.19. The molecule has 0 saturated carbocycles. The van der Waals surface area contributed by atoms with E-state index in [9.17, 15) is 0 Å². The summed E-state index contributed by atoms with van der Waals surface area (Å²) in [6, 6.07) is 6.26. The van der Waals surface area contributed by atoms with Crippen LogP contribution in [0.2, 0.25) is 0 Å². The topological polar surface area (TPSA) is 35.2 Å². The lowest BCUT2D eigenvalue weighted by molar-refractivity contribution is 0.320. The van der Waals surface area contributed by atoms with E-state index in [1.807, 2.05) is 6.07 Å². The zero-order chi connectivity index (χ0) is 13.1. The Kier molecular flexibility index (Phi) is 4.52. The van der Waals surface area contributed by atoms with Gasteiger partial charge in [0.1, 0.15) is 5.75 Å². The lowest BCUT2D eigenvalue weighted by Gasteiger charge is -2.23. The molecular formula is C14H21NOS. The van der Waals surface area contributed by atoms with Gasteiger partial charge in [-0.3, -0.25) is 0 Å². The third-order valence-corrected chi connectivity index (χ3v) is 2.75. The number of rotatable bonds is 4. The minimum Gasteiger partial charge on any atom is -0.493 e. The molecule has 17 heavy (non-hydrogen) atoms. The highest BCUT2D eigenvalue weighted by molar-refractivity contribution is 7.80. The summed E-state index contributed by atoms with van der Waals surface area (Å²) in [6.07, 6.45) is 0.618. The van der Waals surface area contributed by atoms with E-state index >= 15 is 0 Å². The summed E-state index contributed by atoms with van der Waals surface area (Å²) in [7, 11) is 0. The predicted molar refractivity (Wildman–Crippen MR) is 76.8 cm³/mol. The highest BCUT2D eigenvalue weighted by atomic mass is 32.1. The highest BCUT2D eigenvalue weighted by Crippen LogP contribution is 2.32. The van der Waals surface area contributed by atoms with Crippen molar-refractivity contribution in [1.29, 1.82) is 0 Å². The lowest BCUT2D eigenvalue weighted by atomic mass is 9.85. The quantitative estimate of drug-likeness (QED) is 0.834. The van der Waals surface area contributed by atoms with Crippen LogP contribution in [0.5, 0.6) is 5.75 Å². The van der Waals surface area contributed by atoms with E-state index in [0.29, 0.717) is 18.0 Å². The molecule has 0 aliphatic carbocycles. The van der Waals surface area contributed by atoms with Gasteiger partial charge in [0.25, 0.3) is 0 Å². The van der Waals surface area contributed by atoms with Crippen molar-refractivity contribution < 1.29 is 4.74 Å².